The van der Waals surface area contributed by atoms with Crippen LogP contribution in [0, 0.1) is 17.0 Å². The number of carbonyl (C=O) groups is 2. The molecule has 29 heavy (non-hydrogen) atoms. The standard InChI is InChI=1S/C19H24N4O6/c1-11-9-12-15(14(23(26)27)10-13(17(20)24)16(12)28-11)21-7-5-6-8-22-18(25)29-19(2,3)4/h5-6,9-10,21H,7-8H2,1-4H3,(H2,20,24)(H,22,25). The average molecular weight is 404 g/mol. The number of nitrogens with two attached hydrogens (primary N) is 1. The number of nitro groups is 1. The molecule has 0 aliphatic heterocycles. The molecule has 0 unspecified atom stereocenters. The average Bonchev–Trinajstić information content (AvgIpc) is 2.96. The highest BCUT2D eigenvalue weighted by atomic mass is 16.6. The van der Waals surface area contributed by atoms with Crippen molar-refractivity contribution in [3.63, 3.8) is 0 Å². The van der Waals surface area contributed by atoms with E-state index in [1.165, 1.54) is 0 Å². The van der Waals surface area contributed by atoms with Gasteiger partial charge < -0.3 is 25.5 Å². The number of alkyl carbamates (subject to hydrolysis) is 1. The van der Waals surface area contributed by atoms with E-state index in [-0.39, 0.29) is 35.6 Å². The summed E-state index contributed by atoms with van der Waals surface area (Å²) in [6.07, 6.45) is 2.84. The van der Waals surface area contributed by atoms with Crippen molar-refractivity contribution in [1.29, 1.82) is 0 Å². The number of fused-ring (bicyclic) bond motifs is 1. The van der Waals surface area contributed by atoms with E-state index in [4.69, 9.17) is 14.9 Å². The van der Waals surface area contributed by atoms with Gasteiger partial charge in [-0.1, -0.05) is 12.2 Å². The molecule has 0 atom stereocenters. The first-order chi connectivity index (χ1) is 13.5. The lowest BCUT2D eigenvalue weighted by atomic mass is 10.1. The molecule has 0 saturated heterocycles. The van der Waals surface area contributed by atoms with E-state index in [9.17, 15) is 19.7 Å². The number of ether oxygens (including phenoxy) is 1. The fraction of sp³-hybridized carbons (Fsp3) is 0.368. The number of hydrogen-bond acceptors (Lipinski definition) is 7. The lowest BCUT2D eigenvalue weighted by Gasteiger charge is -2.19. The van der Waals surface area contributed by atoms with Crippen LogP contribution < -0.4 is 16.4 Å². The van der Waals surface area contributed by atoms with E-state index in [1.54, 1.807) is 45.9 Å². The van der Waals surface area contributed by atoms with Gasteiger partial charge in [-0.25, -0.2) is 4.79 Å². The van der Waals surface area contributed by atoms with Crippen LogP contribution in [-0.2, 0) is 4.74 Å². The Bertz CT molecular complexity index is 971. The third-order valence-corrected chi connectivity index (χ3v) is 3.70. The number of aryl methyl sites for hydroxylation is 1. The van der Waals surface area contributed by atoms with Crippen molar-refractivity contribution in [2.45, 2.75) is 33.3 Å². The molecular formula is C19H24N4O6. The van der Waals surface area contributed by atoms with E-state index in [1.807, 2.05) is 0 Å². The van der Waals surface area contributed by atoms with Crippen molar-refractivity contribution in [1.82, 2.24) is 5.32 Å². The van der Waals surface area contributed by atoms with Gasteiger partial charge in [0.1, 0.15) is 22.6 Å². The van der Waals surface area contributed by atoms with E-state index >= 15 is 0 Å². The molecule has 1 aromatic carbocycles. The van der Waals surface area contributed by atoms with Gasteiger partial charge in [0.15, 0.2) is 0 Å². The molecule has 0 bridgehead atoms. The predicted octanol–water partition coefficient (Wildman–Crippen LogP) is 3.24. The van der Waals surface area contributed by atoms with Crippen LogP contribution in [0.1, 0.15) is 36.9 Å². The Kier molecular flexibility index (Phi) is 6.47. The number of carbonyl (C=O) groups excluding carboxylic acids is 2. The maximum atomic E-state index is 11.6. The fourth-order valence-electron chi connectivity index (χ4n) is 2.61. The lowest BCUT2D eigenvalue weighted by molar-refractivity contribution is -0.383. The van der Waals surface area contributed by atoms with Crippen LogP contribution in [0.15, 0.2) is 28.7 Å². The molecule has 4 N–H and O–H groups in total. The van der Waals surface area contributed by atoms with Crippen LogP contribution in [0.3, 0.4) is 0 Å². The molecule has 0 fully saturated rings. The molecule has 10 nitrogen and oxygen atoms in total. The van der Waals surface area contributed by atoms with Gasteiger partial charge in [-0.3, -0.25) is 14.9 Å². The minimum absolute atomic E-state index is 0.0533. The minimum Gasteiger partial charge on any atom is -0.460 e. The lowest BCUT2D eigenvalue weighted by Crippen LogP contribution is -2.32. The normalized spacial score (nSPS) is 11.6. The monoisotopic (exact) mass is 404 g/mol. The summed E-state index contributed by atoms with van der Waals surface area (Å²) >= 11 is 0. The summed E-state index contributed by atoms with van der Waals surface area (Å²) in [5, 5.41) is 17.4. The van der Waals surface area contributed by atoms with Crippen LogP contribution in [-0.4, -0.2) is 35.6 Å². The Morgan fingerprint density at radius 2 is 1.93 bits per heavy atom. The summed E-state index contributed by atoms with van der Waals surface area (Å²) < 4.78 is 10.6. The topological polar surface area (TPSA) is 150 Å². The van der Waals surface area contributed by atoms with Crippen LogP contribution >= 0.6 is 0 Å². The molecule has 2 aromatic rings. The highest BCUT2D eigenvalue weighted by Gasteiger charge is 2.24. The minimum atomic E-state index is -0.813. The molecule has 1 aromatic heterocycles. The number of furan rings is 1. The van der Waals surface area contributed by atoms with Crippen LogP contribution in [0.5, 0.6) is 0 Å². The van der Waals surface area contributed by atoms with E-state index in [2.05, 4.69) is 10.6 Å². The molecule has 1 heterocycles. The molecule has 10 heteroatoms. The summed E-state index contributed by atoms with van der Waals surface area (Å²) in [5.74, 6) is -0.324. The summed E-state index contributed by atoms with van der Waals surface area (Å²) in [6, 6.07) is 2.70. The zero-order valence-electron chi connectivity index (χ0n) is 16.7. The van der Waals surface area contributed by atoms with Gasteiger partial charge in [-0.05, 0) is 33.8 Å². The first-order valence-corrected chi connectivity index (χ1v) is 8.86. The van der Waals surface area contributed by atoms with Gasteiger partial charge in [-0.2, -0.15) is 0 Å². The Balaban J connectivity index is 2.13. The zero-order chi connectivity index (χ0) is 21.8. The summed E-state index contributed by atoms with van der Waals surface area (Å²) in [4.78, 5) is 34.1. The maximum Gasteiger partial charge on any atom is 0.407 e. The van der Waals surface area contributed by atoms with E-state index in [0.29, 0.717) is 11.1 Å². The number of nitro benzene ring substituents is 1. The number of primary amides is 1. The van der Waals surface area contributed by atoms with Gasteiger partial charge in [0, 0.05) is 19.2 Å². The van der Waals surface area contributed by atoms with Gasteiger partial charge >= 0.3 is 6.09 Å². The molecular weight excluding hydrogens is 380 g/mol. The van der Waals surface area contributed by atoms with E-state index < -0.39 is 22.5 Å². The number of rotatable bonds is 7. The van der Waals surface area contributed by atoms with Crippen molar-refractivity contribution in [2.24, 2.45) is 5.73 Å². The van der Waals surface area contributed by atoms with Crippen molar-refractivity contribution < 1.29 is 23.7 Å². The smallest absolute Gasteiger partial charge is 0.407 e. The van der Waals surface area contributed by atoms with Crippen molar-refractivity contribution >= 4 is 34.3 Å². The van der Waals surface area contributed by atoms with Crippen molar-refractivity contribution in [3.05, 3.63) is 45.7 Å². The number of nitrogens with one attached hydrogen (secondary N) is 2. The molecule has 0 aliphatic carbocycles. The number of amides is 2. The number of anilines is 1. The predicted molar refractivity (Wildman–Crippen MR) is 108 cm³/mol. The summed E-state index contributed by atoms with van der Waals surface area (Å²) in [7, 11) is 0. The first-order valence-electron chi connectivity index (χ1n) is 8.86. The number of nitrogens with zero attached hydrogens (tertiary/aromatic N) is 1. The summed E-state index contributed by atoms with van der Waals surface area (Å²) in [5.41, 5.74) is 4.82. The second kappa shape index (κ2) is 8.63. The van der Waals surface area contributed by atoms with Gasteiger partial charge in [-0.15, -0.1) is 0 Å². The number of benzene rings is 1. The van der Waals surface area contributed by atoms with Crippen LogP contribution in [0.2, 0.25) is 0 Å². The molecule has 0 aliphatic rings. The van der Waals surface area contributed by atoms with Crippen LogP contribution in [0.4, 0.5) is 16.2 Å². The van der Waals surface area contributed by atoms with Gasteiger partial charge in [0.25, 0.3) is 11.6 Å². The van der Waals surface area contributed by atoms with Crippen LogP contribution in [0.25, 0.3) is 11.0 Å². The van der Waals surface area contributed by atoms with Crippen molar-refractivity contribution in [2.75, 3.05) is 18.4 Å². The zero-order valence-corrected chi connectivity index (χ0v) is 16.7. The molecule has 0 radical (unpaired) electrons. The molecule has 0 saturated carbocycles. The molecule has 0 spiro atoms. The SMILES string of the molecule is Cc1cc2c(NCC=CCNC(=O)OC(C)(C)C)c([N+](=O)[O-])cc(C(N)=O)c2o1. The Labute approximate surface area is 167 Å². The second-order valence-corrected chi connectivity index (χ2v) is 7.27. The summed E-state index contributed by atoms with van der Waals surface area (Å²) in [6.45, 7) is 7.44. The van der Waals surface area contributed by atoms with Gasteiger partial charge in [0.05, 0.1) is 15.9 Å². The highest BCUT2D eigenvalue weighted by Crippen LogP contribution is 2.37. The second-order valence-electron chi connectivity index (χ2n) is 7.27. The van der Waals surface area contributed by atoms with E-state index in [0.717, 1.165) is 6.07 Å². The fourth-order valence-corrected chi connectivity index (χ4v) is 2.61. The third-order valence-electron chi connectivity index (χ3n) is 3.70. The highest BCUT2D eigenvalue weighted by molar-refractivity contribution is 6.10. The molecule has 156 valence electrons. The molecule has 2 rings (SSSR count). The third kappa shape index (κ3) is 5.71. The Morgan fingerprint density at radius 1 is 1.28 bits per heavy atom. The van der Waals surface area contributed by atoms with Gasteiger partial charge in [0.2, 0.25) is 0 Å². The first kappa shape index (κ1) is 21.7. The maximum absolute atomic E-state index is 11.6. The number of hydrogen-bond donors (Lipinski definition) is 3. The Hall–Kier alpha value is -3.56. The Morgan fingerprint density at radius 3 is 2.52 bits per heavy atom. The molecule has 2 amide bonds. The largest absolute Gasteiger partial charge is 0.460 e. The quantitative estimate of drug-likeness (QED) is 0.364. The van der Waals surface area contributed by atoms with Crippen molar-refractivity contribution in [3.8, 4) is 0 Å².